The van der Waals surface area contributed by atoms with Crippen molar-refractivity contribution in [3.8, 4) is 0 Å². The van der Waals surface area contributed by atoms with Crippen molar-refractivity contribution in [1.29, 1.82) is 0 Å². The van der Waals surface area contributed by atoms with Crippen LogP contribution in [-0.4, -0.2) is 11.8 Å². The first-order chi connectivity index (χ1) is 6.16. The van der Waals surface area contributed by atoms with Gasteiger partial charge in [0.2, 0.25) is 0 Å². The van der Waals surface area contributed by atoms with Crippen LogP contribution in [0.3, 0.4) is 0 Å². The van der Waals surface area contributed by atoms with Gasteiger partial charge in [-0.3, -0.25) is 4.79 Å². The van der Waals surface area contributed by atoms with Crippen LogP contribution in [0.2, 0.25) is 0 Å². The molecule has 0 spiro atoms. The molecule has 0 saturated heterocycles. The maximum Gasteiger partial charge on any atom is 0.159 e. The minimum absolute atomic E-state index is 0.141. The predicted molar refractivity (Wildman–Crippen MR) is 53.2 cm³/mol. The summed E-state index contributed by atoms with van der Waals surface area (Å²) in [4.78, 5) is 11.1. The van der Waals surface area contributed by atoms with Crippen LogP contribution in [0.15, 0.2) is 18.2 Å². The van der Waals surface area contributed by atoms with E-state index in [4.69, 9.17) is 0 Å². The van der Waals surface area contributed by atoms with Crippen molar-refractivity contribution in [2.24, 2.45) is 0 Å². The smallest absolute Gasteiger partial charge is 0.159 e. The predicted octanol–water partition coefficient (Wildman–Crippen LogP) is 2.25. The fourth-order valence-electron chi connectivity index (χ4n) is 1.77. The van der Waals surface area contributed by atoms with E-state index in [0.29, 0.717) is 6.04 Å². The molecule has 0 bridgehead atoms. The number of rotatable bonds is 1. The van der Waals surface area contributed by atoms with E-state index in [1.807, 2.05) is 18.2 Å². The van der Waals surface area contributed by atoms with E-state index in [1.54, 1.807) is 6.92 Å². The molecule has 1 aromatic carbocycles. The zero-order valence-corrected chi connectivity index (χ0v) is 7.92. The Balaban J connectivity index is 2.40. The molecule has 1 N–H and O–H groups in total. The third kappa shape index (κ3) is 1.44. The molecule has 1 aliphatic heterocycles. The molecule has 0 radical (unpaired) electrons. The molecule has 2 heteroatoms. The van der Waals surface area contributed by atoms with Gasteiger partial charge in [-0.2, -0.15) is 0 Å². The quantitative estimate of drug-likeness (QED) is 0.663. The molecule has 1 aromatic rings. The molecule has 68 valence electrons. The number of hydrogen-bond acceptors (Lipinski definition) is 2. The summed E-state index contributed by atoms with van der Waals surface area (Å²) in [5, 5.41) is 3.35. The molecule has 0 aromatic heterocycles. The van der Waals surface area contributed by atoms with Crippen LogP contribution in [0.25, 0.3) is 0 Å². The highest BCUT2D eigenvalue weighted by molar-refractivity contribution is 5.94. The molecule has 1 aliphatic rings. The summed E-state index contributed by atoms with van der Waals surface area (Å²) >= 11 is 0. The Kier molecular flexibility index (Phi) is 1.83. The number of nitrogens with one attached hydrogen (secondary N) is 1. The SMILES string of the molecule is CC(=O)c1ccc2c(c1)C[C@H](C)N2. The number of hydrogen-bond donors (Lipinski definition) is 1. The zero-order chi connectivity index (χ0) is 9.42. The largest absolute Gasteiger partial charge is 0.382 e. The maximum absolute atomic E-state index is 11.1. The van der Waals surface area contributed by atoms with Gasteiger partial charge in [0.25, 0.3) is 0 Å². The molecule has 1 atom stereocenters. The van der Waals surface area contributed by atoms with Crippen LogP contribution < -0.4 is 5.32 Å². The Hall–Kier alpha value is -1.31. The third-order valence-electron chi connectivity index (χ3n) is 2.44. The van der Waals surface area contributed by atoms with Crippen molar-refractivity contribution in [2.75, 3.05) is 5.32 Å². The second-order valence-corrected chi connectivity index (χ2v) is 3.68. The van der Waals surface area contributed by atoms with E-state index in [1.165, 1.54) is 11.3 Å². The van der Waals surface area contributed by atoms with E-state index in [9.17, 15) is 4.79 Å². The summed E-state index contributed by atoms with van der Waals surface area (Å²) in [5.74, 6) is 0.141. The summed E-state index contributed by atoms with van der Waals surface area (Å²) in [5.41, 5.74) is 3.26. The molecule has 13 heavy (non-hydrogen) atoms. The average Bonchev–Trinajstić information content (AvgIpc) is 2.42. The highest BCUT2D eigenvalue weighted by Crippen LogP contribution is 2.26. The molecule has 0 aliphatic carbocycles. The van der Waals surface area contributed by atoms with Crippen LogP contribution in [0.4, 0.5) is 5.69 Å². The van der Waals surface area contributed by atoms with Crippen molar-refractivity contribution < 1.29 is 4.79 Å². The van der Waals surface area contributed by atoms with Gasteiger partial charge >= 0.3 is 0 Å². The van der Waals surface area contributed by atoms with Gasteiger partial charge in [0, 0.05) is 17.3 Å². The zero-order valence-electron chi connectivity index (χ0n) is 7.92. The maximum atomic E-state index is 11.1. The lowest BCUT2D eigenvalue weighted by molar-refractivity contribution is 0.101. The van der Waals surface area contributed by atoms with Crippen LogP contribution in [0.1, 0.15) is 29.8 Å². The summed E-state index contributed by atoms with van der Waals surface area (Å²) in [6.07, 6.45) is 1.02. The van der Waals surface area contributed by atoms with E-state index >= 15 is 0 Å². The van der Waals surface area contributed by atoms with Gasteiger partial charge in [-0.1, -0.05) is 0 Å². The first-order valence-electron chi connectivity index (χ1n) is 4.57. The number of fused-ring (bicyclic) bond motifs is 1. The first kappa shape index (κ1) is 8.30. The van der Waals surface area contributed by atoms with E-state index < -0.39 is 0 Å². The fraction of sp³-hybridized carbons (Fsp3) is 0.364. The van der Waals surface area contributed by atoms with Gasteiger partial charge < -0.3 is 5.32 Å². The molecular formula is C11H13NO. The van der Waals surface area contributed by atoms with Crippen molar-refractivity contribution in [1.82, 2.24) is 0 Å². The minimum Gasteiger partial charge on any atom is -0.382 e. The topological polar surface area (TPSA) is 29.1 Å². The lowest BCUT2D eigenvalue weighted by Crippen LogP contribution is -2.08. The monoisotopic (exact) mass is 175 g/mol. The summed E-state index contributed by atoms with van der Waals surface area (Å²) in [6, 6.07) is 6.37. The van der Waals surface area contributed by atoms with E-state index in [2.05, 4.69) is 12.2 Å². The number of carbonyl (C=O) groups excluding carboxylic acids is 1. The number of carbonyl (C=O) groups is 1. The number of anilines is 1. The average molecular weight is 175 g/mol. The van der Waals surface area contributed by atoms with E-state index in [0.717, 1.165) is 12.0 Å². The third-order valence-corrected chi connectivity index (χ3v) is 2.44. The second-order valence-electron chi connectivity index (χ2n) is 3.68. The lowest BCUT2D eigenvalue weighted by atomic mass is 10.1. The van der Waals surface area contributed by atoms with Crippen LogP contribution in [-0.2, 0) is 6.42 Å². The molecule has 0 unspecified atom stereocenters. The Morgan fingerprint density at radius 3 is 3.00 bits per heavy atom. The molecule has 2 rings (SSSR count). The normalized spacial score (nSPS) is 19.4. The molecule has 1 heterocycles. The van der Waals surface area contributed by atoms with Gasteiger partial charge in [0.1, 0.15) is 0 Å². The summed E-state index contributed by atoms with van der Waals surface area (Å²) < 4.78 is 0. The van der Waals surface area contributed by atoms with Crippen molar-refractivity contribution >= 4 is 11.5 Å². The van der Waals surface area contributed by atoms with Crippen LogP contribution >= 0.6 is 0 Å². The molecule has 2 nitrogen and oxygen atoms in total. The van der Waals surface area contributed by atoms with Crippen molar-refractivity contribution in [3.05, 3.63) is 29.3 Å². The van der Waals surface area contributed by atoms with Crippen LogP contribution in [0, 0.1) is 0 Å². The lowest BCUT2D eigenvalue weighted by Gasteiger charge is -2.02. The second kappa shape index (κ2) is 2.87. The molecular weight excluding hydrogens is 162 g/mol. The van der Waals surface area contributed by atoms with Gasteiger partial charge in [-0.15, -0.1) is 0 Å². The molecule has 0 saturated carbocycles. The first-order valence-corrected chi connectivity index (χ1v) is 4.57. The Morgan fingerprint density at radius 1 is 1.54 bits per heavy atom. The number of ketones is 1. The number of benzene rings is 1. The van der Waals surface area contributed by atoms with Gasteiger partial charge in [0.05, 0.1) is 0 Å². The van der Waals surface area contributed by atoms with Crippen molar-refractivity contribution in [3.63, 3.8) is 0 Å². The minimum atomic E-state index is 0.141. The Labute approximate surface area is 78.0 Å². The van der Waals surface area contributed by atoms with Gasteiger partial charge in [-0.05, 0) is 44.0 Å². The van der Waals surface area contributed by atoms with E-state index in [-0.39, 0.29) is 5.78 Å². The van der Waals surface area contributed by atoms with Crippen LogP contribution in [0.5, 0.6) is 0 Å². The molecule has 0 amide bonds. The summed E-state index contributed by atoms with van der Waals surface area (Å²) in [6.45, 7) is 3.75. The van der Waals surface area contributed by atoms with Gasteiger partial charge in [-0.25, -0.2) is 0 Å². The standard InChI is InChI=1S/C11H13NO/c1-7-5-10-6-9(8(2)13)3-4-11(10)12-7/h3-4,6-7,12H,5H2,1-2H3/t7-/m0/s1. The van der Waals surface area contributed by atoms with Crippen molar-refractivity contribution in [2.45, 2.75) is 26.3 Å². The number of Topliss-reactive ketones (excluding diaryl/α,β-unsaturated/α-hetero) is 1. The Morgan fingerprint density at radius 2 is 2.31 bits per heavy atom. The fourth-order valence-corrected chi connectivity index (χ4v) is 1.77. The highest BCUT2D eigenvalue weighted by atomic mass is 16.1. The highest BCUT2D eigenvalue weighted by Gasteiger charge is 2.16. The van der Waals surface area contributed by atoms with Gasteiger partial charge in [0.15, 0.2) is 5.78 Å². The summed E-state index contributed by atoms with van der Waals surface area (Å²) in [7, 11) is 0. The molecule has 0 fully saturated rings. The Bertz CT molecular complexity index is 357.